The van der Waals surface area contributed by atoms with E-state index in [1.165, 1.54) is 10.8 Å². The first-order valence-electron chi connectivity index (χ1n) is 15.0. The van der Waals surface area contributed by atoms with Crippen LogP contribution in [-0.2, 0) is 20.8 Å². The predicted octanol–water partition coefficient (Wildman–Crippen LogP) is 1.44. The van der Waals surface area contributed by atoms with Crippen LogP contribution >= 0.6 is 11.6 Å². The lowest BCUT2D eigenvalue weighted by Gasteiger charge is -2.14. The van der Waals surface area contributed by atoms with E-state index >= 15 is 0 Å². The van der Waals surface area contributed by atoms with Gasteiger partial charge in [-0.2, -0.15) is 4.98 Å². The first-order valence-corrected chi connectivity index (χ1v) is 15.6. The minimum atomic E-state index is -0.927. The van der Waals surface area contributed by atoms with Crippen LogP contribution in [0.25, 0.3) is 11.0 Å². The maximum atomic E-state index is 13.2. The van der Waals surface area contributed by atoms with Crippen LogP contribution in [0.4, 0.5) is 5.95 Å². The number of ether oxygens (including phenoxy) is 3. The van der Waals surface area contributed by atoms with E-state index in [4.69, 9.17) is 31.5 Å². The van der Waals surface area contributed by atoms with Gasteiger partial charge in [0.05, 0.1) is 43.5 Å². The smallest absolute Gasteiger partial charge is 0.262 e. The number of aromatic nitrogens is 3. The average molecular weight is 649 g/mol. The number of nitrogens with one attached hydrogen (secondary N) is 3. The number of hydrogen-bond acceptors (Lipinski definition) is 10. The van der Waals surface area contributed by atoms with E-state index in [1.54, 1.807) is 24.3 Å². The molecule has 3 heterocycles. The molecule has 1 saturated heterocycles. The number of nitrogens with two attached hydrogens (primary N) is 1. The molecule has 3 aromatic rings. The molecule has 1 aliphatic rings. The standard InChI is InChI=1S/C30H41ClN6O8/c31-9-3-1-2-4-11-43-13-14-44-12-10-33-27(40)20-7-5-19(6-8-20)16-34-28(41)21-17-37(24-15-22(39)23(18-38)45-24)26-25(21)29(42)36-30(32)35-26/h5-8,17,22-24,38-39H,1-4,9-16,18H2,(H,33,40)(H,34,41)(H3,32,35,36,42)/t22?,23-,24-/m1/s1. The van der Waals surface area contributed by atoms with Crippen molar-refractivity contribution in [3.8, 4) is 0 Å². The third kappa shape index (κ3) is 9.48. The summed E-state index contributed by atoms with van der Waals surface area (Å²) in [5.41, 5.74) is 6.51. The highest BCUT2D eigenvalue weighted by Crippen LogP contribution is 2.32. The normalized spacial score (nSPS) is 18.0. The van der Waals surface area contributed by atoms with Crippen LogP contribution in [0.5, 0.6) is 0 Å². The molecule has 2 amide bonds. The predicted molar refractivity (Wildman–Crippen MR) is 167 cm³/mol. The summed E-state index contributed by atoms with van der Waals surface area (Å²) >= 11 is 5.66. The van der Waals surface area contributed by atoms with E-state index < -0.39 is 29.9 Å². The number of nitrogen functional groups attached to an aromatic ring is 1. The summed E-state index contributed by atoms with van der Waals surface area (Å²) in [6.07, 6.45) is 3.32. The van der Waals surface area contributed by atoms with Crippen LogP contribution in [-0.4, -0.2) is 94.2 Å². The van der Waals surface area contributed by atoms with Gasteiger partial charge in [-0.25, -0.2) is 0 Å². The van der Waals surface area contributed by atoms with Gasteiger partial charge in [-0.15, -0.1) is 11.6 Å². The van der Waals surface area contributed by atoms with Crippen LogP contribution < -0.4 is 21.9 Å². The van der Waals surface area contributed by atoms with Gasteiger partial charge in [0.1, 0.15) is 12.3 Å². The second kappa shape index (κ2) is 17.2. The highest BCUT2D eigenvalue weighted by Gasteiger charge is 2.36. The Labute approximate surface area is 265 Å². The van der Waals surface area contributed by atoms with Crippen molar-refractivity contribution in [3.05, 3.63) is 57.5 Å². The molecule has 1 aliphatic heterocycles. The van der Waals surface area contributed by atoms with Crippen molar-refractivity contribution >= 4 is 40.4 Å². The number of halogens is 1. The van der Waals surface area contributed by atoms with E-state index in [0.29, 0.717) is 44.4 Å². The summed E-state index contributed by atoms with van der Waals surface area (Å²) in [5, 5.41) is 25.2. The largest absolute Gasteiger partial charge is 0.394 e. The number of aliphatic hydroxyl groups is 2. The number of alkyl halides is 1. The number of benzene rings is 1. The SMILES string of the molecule is Nc1nc2c(c(C(=O)NCc3ccc(C(=O)NCCOCCOCCCCCCCl)cc3)cn2[C@H]2CC(O)[C@@H](CO)O2)c(=O)[nH]1. The fraction of sp³-hybridized carbons (Fsp3) is 0.533. The van der Waals surface area contributed by atoms with Crippen LogP contribution in [0.1, 0.15) is 64.6 Å². The van der Waals surface area contributed by atoms with Crippen molar-refractivity contribution in [1.29, 1.82) is 0 Å². The number of carbonyl (C=O) groups is 2. The summed E-state index contributed by atoms with van der Waals surface area (Å²) in [6, 6.07) is 6.75. The number of amides is 2. The Morgan fingerprint density at radius 1 is 1.07 bits per heavy atom. The molecule has 7 N–H and O–H groups in total. The quantitative estimate of drug-likeness (QED) is 0.0865. The second-order valence-corrected chi connectivity index (χ2v) is 11.1. The summed E-state index contributed by atoms with van der Waals surface area (Å²) < 4.78 is 18.2. The number of nitrogens with zero attached hydrogens (tertiary/aromatic N) is 2. The van der Waals surface area contributed by atoms with Gasteiger partial charge in [-0.3, -0.25) is 19.4 Å². The lowest BCUT2D eigenvalue weighted by Crippen LogP contribution is -2.27. The number of aliphatic hydroxyl groups excluding tert-OH is 2. The molecule has 0 spiro atoms. The van der Waals surface area contributed by atoms with Crippen LogP contribution in [0.15, 0.2) is 35.3 Å². The second-order valence-electron chi connectivity index (χ2n) is 10.7. The molecule has 246 valence electrons. The fourth-order valence-corrected chi connectivity index (χ4v) is 5.17. The molecular formula is C30H41ClN6O8. The van der Waals surface area contributed by atoms with Crippen molar-refractivity contribution in [2.75, 3.05) is 51.2 Å². The number of hydrogen-bond donors (Lipinski definition) is 6. The third-order valence-electron chi connectivity index (χ3n) is 7.39. The van der Waals surface area contributed by atoms with Crippen molar-refractivity contribution in [3.63, 3.8) is 0 Å². The molecule has 4 rings (SSSR count). The van der Waals surface area contributed by atoms with Crippen molar-refractivity contribution < 1.29 is 34.0 Å². The van der Waals surface area contributed by atoms with E-state index in [2.05, 4.69) is 20.6 Å². The van der Waals surface area contributed by atoms with E-state index in [1.807, 2.05) is 0 Å². The van der Waals surface area contributed by atoms with Gasteiger partial charge in [-0.05, 0) is 30.5 Å². The molecule has 1 aromatic carbocycles. The molecule has 0 radical (unpaired) electrons. The molecule has 14 nitrogen and oxygen atoms in total. The zero-order valence-corrected chi connectivity index (χ0v) is 25.8. The van der Waals surface area contributed by atoms with Crippen LogP contribution in [0.3, 0.4) is 0 Å². The average Bonchev–Trinajstić information content (AvgIpc) is 3.60. The molecule has 2 aromatic heterocycles. The van der Waals surface area contributed by atoms with Gasteiger partial charge in [0.15, 0.2) is 5.65 Å². The number of carbonyl (C=O) groups excluding carboxylic acids is 2. The third-order valence-corrected chi connectivity index (χ3v) is 7.65. The maximum Gasteiger partial charge on any atom is 0.262 e. The number of unbranched alkanes of at least 4 members (excludes halogenated alkanes) is 3. The van der Waals surface area contributed by atoms with Crippen molar-refractivity contribution in [2.45, 2.75) is 57.1 Å². The Balaban J connectivity index is 1.24. The summed E-state index contributed by atoms with van der Waals surface area (Å²) in [4.78, 5) is 45.0. The number of rotatable bonds is 18. The van der Waals surface area contributed by atoms with Gasteiger partial charge in [0.2, 0.25) is 5.95 Å². The topological polar surface area (TPSA) is 203 Å². The minimum absolute atomic E-state index is 0.0182. The Bertz CT molecular complexity index is 1460. The molecular weight excluding hydrogens is 608 g/mol. The lowest BCUT2D eigenvalue weighted by atomic mass is 10.1. The van der Waals surface area contributed by atoms with E-state index in [9.17, 15) is 24.6 Å². The van der Waals surface area contributed by atoms with Crippen LogP contribution in [0.2, 0.25) is 0 Å². The monoisotopic (exact) mass is 648 g/mol. The van der Waals surface area contributed by atoms with Gasteiger partial charge in [0, 0.05) is 43.8 Å². The molecule has 0 bridgehead atoms. The molecule has 1 unspecified atom stereocenters. The lowest BCUT2D eigenvalue weighted by molar-refractivity contribution is -0.0430. The fourth-order valence-electron chi connectivity index (χ4n) is 4.98. The van der Waals surface area contributed by atoms with Crippen molar-refractivity contribution in [1.82, 2.24) is 25.2 Å². The summed E-state index contributed by atoms with van der Waals surface area (Å²) in [5.74, 6) is -0.227. The zero-order valence-electron chi connectivity index (χ0n) is 25.0. The van der Waals surface area contributed by atoms with Crippen molar-refractivity contribution in [2.24, 2.45) is 0 Å². The first-order chi connectivity index (χ1) is 21.8. The Hall–Kier alpha value is -3.53. The molecule has 0 saturated carbocycles. The van der Waals surface area contributed by atoms with E-state index in [-0.39, 0.29) is 48.0 Å². The number of aromatic amines is 1. The summed E-state index contributed by atoms with van der Waals surface area (Å²) in [7, 11) is 0. The molecule has 45 heavy (non-hydrogen) atoms. The van der Waals surface area contributed by atoms with Gasteiger partial charge < -0.3 is 45.4 Å². The highest BCUT2D eigenvalue weighted by molar-refractivity contribution is 6.17. The molecule has 15 heteroatoms. The summed E-state index contributed by atoms with van der Waals surface area (Å²) in [6.45, 7) is 2.13. The number of anilines is 1. The zero-order chi connectivity index (χ0) is 32.2. The Kier molecular flexibility index (Phi) is 13.2. The Morgan fingerprint density at radius 2 is 1.80 bits per heavy atom. The molecule has 3 atom stereocenters. The highest BCUT2D eigenvalue weighted by atomic mass is 35.5. The number of fused-ring (bicyclic) bond motifs is 1. The van der Waals surface area contributed by atoms with E-state index in [0.717, 1.165) is 31.2 Å². The molecule has 0 aliphatic carbocycles. The van der Waals surface area contributed by atoms with Gasteiger partial charge in [-0.1, -0.05) is 25.0 Å². The van der Waals surface area contributed by atoms with Gasteiger partial charge >= 0.3 is 0 Å². The first kappa shape index (κ1) is 34.3. The Morgan fingerprint density at radius 3 is 2.51 bits per heavy atom. The van der Waals surface area contributed by atoms with Crippen LogP contribution in [0, 0.1) is 0 Å². The minimum Gasteiger partial charge on any atom is -0.394 e. The molecule has 1 fully saturated rings. The van der Waals surface area contributed by atoms with Gasteiger partial charge in [0.25, 0.3) is 17.4 Å². The maximum absolute atomic E-state index is 13.2. The number of H-pyrrole nitrogens is 1.